The Hall–Kier alpha value is -1.62. The van der Waals surface area contributed by atoms with Crippen LogP contribution in [0.25, 0.3) is 0 Å². The number of pyridine rings is 1. The molecule has 5 nitrogen and oxygen atoms in total. The first-order chi connectivity index (χ1) is 8.72. The normalized spacial score (nSPS) is 18.8. The molecule has 1 atom stereocenters. The number of hydrogen-bond acceptors (Lipinski definition) is 4. The molecule has 1 fully saturated rings. The minimum absolute atomic E-state index is 0.0552. The molecule has 2 N–H and O–H groups in total. The van der Waals surface area contributed by atoms with Gasteiger partial charge in [0.25, 0.3) is 5.91 Å². The Labute approximate surface area is 107 Å². The van der Waals surface area contributed by atoms with E-state index in [4.69, 9.17) is 0 Å². The van der Waals surface area contributed by atoms with E-state index in [-0.39, 0.29) is 11.7 Å². The van der Waals surface area contributed by atoms with Gasteiger partial charge in [-0.15, -0.1) is 0 Å². The summed E-state index contributed by atoms with van der Waals surface area (Å²) in [5, 5.41) is 13.0. The Kier molecular flexibility index (Phi) is 4.15. The zero-order valence-corrected chi connectivity index (χ0v) is 10.6. The second-order valence-electron chi connectivity index (χ2n) is 4.53. The monoisotopic (exact) mass is 249 g/mol. The van der Waals surface area contributed by atoms with Crippen molar-refractivity contribution in [3.63, 3.8) is 0 Å². The summed E-state index contributed by atoms with van der Waals surface area (Å²) >= 11 is 0. The molecule has 2 rings (SSSR count). The van der Waals surface area contributed by atoms with Crippen molar-refractivity contribution in [1.82, 2.24) is 15.2 Å². The second-order valence-corrected chi connectivity index (χ2v) is 4.53. The van der Waals surface area contributed by atoms with Crippen LogP contribution < -0.4 is 5.32 Å². The van der Waals surface area contributed by atoms with E-state index in [9.17, 15) is 9.90 Å². The van der Waals surface area contributed by atoms with Crippen molar-refractivity contribution in [3.8, 4) is 5.75 Å². The fraction of sp³-hybridized carbons (Fsp3) is 0.538. The van der Waals surface area contributed by atoms with Crippen molar-refractivity contribution < 1.29 is 9.90 Å². The molecule has 0 saturated carbocycles. The maximum atomic E-state index is 12.3. The van der Waals surface area contributed by atoms with Crippen molar-refractivity contribution in [2.45, 2.75) is 25.8 Å². The first kappa shape index (κ1) is 12.8. The van der Waals surface area contributed by atoms with E-state index in [1.54, 1.807) is 11.0 Å². The van der Waals surface area contributed by atoms with Crippen LogP contribution in [-0.2, 0) is 0 Å². The van der Waals surface area contributed by atoms with Gasteiger partial charge in [0.1, 0.15) is 5.75 Å². The average Bonchev–Trinajstić information content (AvgIpc) is 2.88. The van der Waals surface area contributed by atoms with Gasteiger partial charge >= 0.3 is 0 Å². The van der Waals surface area contributed by atoms with Gasteiger partial charge in [-0.2, -0.15) is 0 Å². The fourth-order valence-electron chi connectivity index (χ4n) is 2.27. The third kappa shape index (κ3) is 2.79. The lowest BCUT2D eigenvalue weighted by atomic mass is 10.1. The number of nitrogens with one attached hydrogen (secondary N) is 1. The van der Waals surface area contributed by atoms with Gasteiger partial charge in [-0.1, -0.05) is 0 Å². The van der Waals surface area contributed by atoms with Crippen LogP contribution in [-0.4, -0.2) is 46.6 Å². The molecule has 1 unspecified atom stereocenters. The molecule has 1 amide bonds. The van der Waals surface area contributed by atoms with E-state index < -0.39 is 0 Å². The van der Waals surface area contributed by atoms with Gasteiger partial charge in [-0.3, -0.25) is 9.78 Å². The van der Waals surface area contributed by atoms with Gasteiger partial charge in [-0.05, 0) is 32.4 Å². The molecule has 2 heterocycles. The van der Waals surface area contributed by atoms with E-state index in [1.807, 2.05) is 6.92 Å². The van der Waals surface area contributed by atoms with E-state index >= 15 is 0 Å². The Morgan fingerprint density at radius 2 is 2.50 bits per heavy atom. The molecular weight excluding hydrogens is 230 g/mol. The summed E-state index contributed by atoms with van der Waals surface area (Å²) in [6, 6.07) is 1.93. The molecule has 1 aliphatic heterocycles. The van der Waals surface area contributed by atoms with Crippen molar-refractivity contribution in [1.29, 1.82) is 0 Å². The van der Waals surface area contributed by atoms with Crippen molar-refractivity contribution in [2.75, 3.05) is 19.6 Å². The molecule has 5 heteroatoms. The SMILES string of the molecule is CCN(CC1CCCN1)C(=O)c1ccncc1O. The average molecular weight is 249 g/mol. The van der Waals surface area contributed by atoms with Gasteiger partial charge in [0.05, 0.1) is 11.8 Å². The van der Waals surface area contributed by atoms with Crippen LogP contribution in [0.4, 0.5) is 0 Å². The lowest BCUT2D eigenvalue weighted by molar-refractivity contribution is 0.0748. The fourth-order valence-corrected chi connectivity index (χ4v) is 2.27. The standard InChI is InChI=1S/C13H19N3O2/c1-2-16(9-10-4-3-6-15-10)13(18)11-5-7-14-8-12(11)17/h5,7-8,10,15,17H,2-4,6,9H2,1H3. The van der Waals surface area contributed by atoms with Gasteiger partial charge in [0.2, 0.25) is 0 Å². The third-order valence-corrected chi connectivity index (χ3v) is 3.30. The molecule has 1 saturated heterocycles. The van der Waals surface area contributed by atoms with E-state index in [0.717, 1.165) is 19.4 Å². The van der Waals surface area contributed by atoms with E-state index in [1.165, 1.54) is 12.4 Å². The van der Waals surface area contributed by atoms with Crippen molar-refractivity contribution in [2.24, 2.45) is 0 Å². The molecule has 0 radical (unpaired) electrons. The summed E-state index contributed by atoms with van der Waals surface area (Å²) in [5.41, 5.74) is 0.324. The quantitative estimate of drug-likeness (QED) is 0.835. The molecule has 0 aliphatic carbocycles. The number of carbonyl (C=O) groups excluding carboxylic acids is 1. The molecule has 1 aromatic rings. The number of aromatic hydroxyl groups is 1. The van der Waals surface area contributed by atoms with Crippen LogP contribution in [0.2, 0.25) is 0 Å². The number of carbonyl (C=O) groups is 1. The van der Waals surface area contributed by atoms with Crippen LogP contribution in [0.15, 0.2) is 18.5 Å². The minimum Gasteiger partial charge on any atom is -0.505 e. The lowest BCUT2D eigenvalue weighted by Gasteiger charge is -2.24. The van der Waals surface area contributed by atoms with Gasteiger partial charge in [0, 0.05) is 25.3 Å². The Bertz CT molecular complexity index is 416. The molecule has 1 aliphatic rings. The number of amides is 1. The Morgan fingerprint density at radius 1 is 1.67 bits per heavy atom. The summed E-state index contributed by atoms with van der Waals surface area (Å²) in [4.78, 5) is 17.8. The maximum Gasteiger partial charge on any atom is 0.257 e. The van der Waals surface area contributed by atoms with Crippen LogP contribution in [0.3, 0.4) is 0 Å². The summed E-state index contributed by atoms with van der Waals surface area (Å²) in [7, 11) is 0. The maximum absolute atomic E-state index is 12.3. The van der Waals surface area contributed by atoms with Crippen LogP contribution >= 0.6 is 0 Å². The van der Waals surface area contributed by atoms with Crippen molar-refractivity contribution in [3.05, 3.63) is 24.0 Å². The topological polar surface area (TPSA) is 65.5 Å². The number of likely N-dealkylation sites (N-methyl/N-ethyl adjacent to an activating group) is 1. The second kappa shape index (κ2) is 5.82. The number of hydrogen-bond donors (Lipinski definition) is 2. The third-order valence-electron chi connectivity index (χ3n) is 3.30. The highest BCUT2D eigenvalue weighted by Crippen LogP contribution is 2.17. The molecule has 0 aromatic carbocycles. The van der Waals surface area contributed by atoms with Gasteiger partial charge in [0.15, 0.2) is 0 Å². The first-order valence-electron chi connectivity index (χ1n) is 6.38. The Morgan fingerprint density at radius 3 is 3.11 bits per heavy atom. The highest BCUT2D eigenvalue weighted by Gasteiger charge is 2.22. The summed E-state index contributed by atoms with van der Waals surface area (Å²) in [5.74, 6) is -0.188. The molecule has 18 heavy (non-hydrogen) atoms. The smallest absolute Gasteiger partial charge is 0.257 e. The molecule has 98 valence electrons. The first-order valence-corrected chi connectivity index (χ1v) is 6.38. The number of aromatic nitrogens is 1. The van der Waals surface area contributed by atoms with E-state index in [0.29, 0.717) is 24.7 Å². The van der Waals surface area contributed by atoms with Gasteiger partial charge < -0.3 is 15.3 Å². The van der Waals surface area contributed by atoms with Crippen LogP contribution in [0.5, 0.6) is 5.75 Å². The van der Waals surface area contributed by atoms with Gasteiger partial charge in [-0.25, -0.2) is 0 Å². The summed E-state index contributed by atoms with van der Waals surface area (Å²) < 4.78 is 0. The summed E-state index contributed by atoms with van der Waals surface area (Å²) in [6.45, 7) is 4.30. The highest BCUT2D eigenvalue weighted by atomic mass is 16.3. The zero-order valence-electron chi connectivity index (χ0n) is 10.6. The lowest BCUT2D eigenvalue weighted by Crippen LogP contribution is -2.41. The number of nitrogens with zero attached hydrogens (tertiary/aromatic N) is 2. The highest BCUT2D eigenvalue weighted by molar-refractivity contribution is 5.96. The largest absolute Gasteiger partial charge is 0.505 e. The molecule has 1 aromatic heterocycles. The van der Waals surface area contributed by atoms with Crippen molar-refractivity contribution >= 4 is 5.91 Å². The van der Waals surface area contributed by atoms with Crippen LogP contribution in [0.1, 0.15) is 30.1 Å². The zero-order chi connectivity index (χ0) is 13.0. The Balaban J connectivity index is 2.07. The predicted molar refractivity (Wildman–Crippen MR) is 68.5 cm³/mol. The molecule has 0 bridgehead atoms. The molecular formula is C13H19N3O2. The summed E-state index contributed by atoms with van der Waals surface area (Å²) in [6.07, 6.45) is 5.09. The molecule has 0 spiro atoms. The predicted octanol–water partition coefficient (Wildman–Crippen LogP) is 1.00. The minimum atomic E-state index is -0.133. The van der Waals surface area contributed by atoms with Crippen LogP contribution in [0, 0.1) is 0 Å². The number of rotatable bonds is 4. The van der Waals surface area contributed by atoms with E-state index in [2.05, 4.69) is 10.3 Å².